The molecule has 0 fully saturated rings. The average Bonchev–Trinajstić information content (AvgIpc) is 3.13. The molecule has 0 aliphatic heterocycles. The molecule has 1 N–H and O–H groups in total. The number of pyridine rings is 1. The van der Waals surface area contributed by atoms with Gasteiger partial charge in [0.05, 0.1) is 0 Å². The molecule has 140 valence electrons. The molecule has 0 radical (unpaired) electrons. The van der Waals surface area contributed by atoms with Crippen molar-refractivity contribution in [3.05, 3.63) is 71.9 Å². The number of amides is 1. The Morgan fingerprint density at radius 3 is 2.79 bits per heavy atom. The Balaban J connectivity index is 1.44. The van der Waals surface area contributed by atoms with Gasteiger partial charge < -0.3 is 10.1 Å². The molecule has 1 amide bonds. The molecule has 2 aromatic heterocycles. The number of hydrogen-bond donors (Lipinski definition) is 1. The minimum atomic E-state index is -0.207. The molecule has 2 heterocycles. The van der Waals surface area contributed by atoms with Crippen molar-refractivity contribution >= 4 is 33.3 Å². The molecule has 0 bridgehead atoms. The van der Waals surface area contributed by atoms with Gasteiger partial charge in [0.25, 0.3) is 5.91 Å². The predicted molar refractivity (Wildman–Crippen MR) is 113 cm³/mol. The molecule has 6 heteroatoms. The van der Waals surface area contributed by atoms with Crippen LogP contribution in [0.25, 0.3) is 20.9 Å². The highest BCUT2D eigenvalue weighted by molar-refractivity contribution is 7.21. The van der Waals surface area contributed by atoms with Crippen molar-refractivity contribution < 1.29 is 9.53 Å². The zero-order chi connectivity index (χ0) is 19.5. The highest BCUT2D eigenvalue weighted by Gasteiger charge is 2.09. The summed E-state index contributed by atoms with van der Waals surface area (Å²) in [6, 6.07) is 17.2. The van der Waals surface area contributed by atoms with Crippen LogP contribution in [-0.2, 0) is 4.79 Å². The van der Waals surface area contributed by atoms with Gasteiger partial charge in [-0.1, -0.05) is 29.5 Å². The third-order valence-corrected chi connectivity index (χ3v) is 5.44. The van der Waals surface area contributed by atoms with Gasteiger partial charge in [0.1, 0.15) is 21.1 Å². The Labute approximate surface area is 167 Å². The summed E-state index contributed by atoms with van der Waals surface area (Å²) in [4.78, 5) is 22.1. The van der Waals surface area contributed by atoms with Gasteiger partial charge in [-0.3, -0.25) is 4.79 Å². The first-order valence-electron chi connectivity index (χ1n) is 8.90. The lowest BCUT2D eigenvalue weighted by Crippen LogP contribution is -2.20. The fourth-order valence-electron chi connectivity index (χ4n) is 2.77. The number of carbonyl (C=O) groups excluding carboxylic acids is 1. The summed E-state index contributed by atoms with van der Waals surface area (Å²) in [5.41, 5.74) is 4.85. The van der Waals surface area contributed by atoms with Gasteiger partial charge in [-0.15, -0.1) is 0 Å². The van der Waals surface area contributed by atoms with Crippen molar-refractivity contribution in [1.82, 2.24) is 9.97 Å². The molecule has 5 nitrogen and oxygen atoms in total. The number of ether oxygens (including phenoxy) is 1. The van der Waals surface area contributed by atoms with E-state index in [0.29, 0.717) is 11.4 Å². The van der Waals surface area contributed by atoms with Crippen molar-refractivity contribution in [3.8, 4) is 16.3 Å². The molecule has 0 spiro atoms. The van der Waals surface area contributed by atoms with Crippen molar-refractivity contribution in [2.45, 2.75) is 13.8 Å². The Hall–Kier alpha value is -3.25. The van der Waals surface area contributed by atoms with E-state index < -0.39 is 0 Å². The van der Waals surface area contributed by atoms with E-state index in [2.05, 4.69) is 15.3 Å². The number of nitrogens with zero attached hydrogens (tertiary/aromatic N) is 2. The lowest BCUT2D eigenvalue weighted by atomic mass is 10.1. The number of hydrogen-bond acceptors (Lipinski definition) is 5. The van der Waals surface area contributed by atoms with Crippen LogP contribution in [0.15, 0.2) is 60.8 Å². The number of nitrogens with one attached hydrogen (secondary N) is 1. The Kier molecular flexibility index (Phi) is 5.04. The second-order valence-corrected chi connectivity index (χ2v) is 7.49. The van der Waals surface area contributed by atoms with E-state index in [9.17, 15) is 4.79 Å². The van der Waals surface area contributed by atoms with Crippen LogP contribution in [-0.4, -0.2) is 22.5 Å². The van der Waals surface area contributed by atoms with Crippen LogP contribution in [0.2, 0.25) is 0 Å². The summed E-state index contributed by atoms with van der Waals surface area (Å²) >= 11 is 1.53. The van der Waals surface area contributed by atoms with E-state index in [4.69, 9.17) is 4.74 Å². The van der Waals surface area contributed by atoms with Gasteiger partial charge in [-0.2, -0.15) is 0 Å². The maximum atomic E-state index is 12.3. The zero-order valence-corrected chi connectivity index (χ0v) is 16.4. The summed E-state index contributed by atoms with van der Waals surface area (Å²) in [6.45, 7) is 4.02. The summed E-state index contributed by atoms with van der Waals surface area (Å²) in [5.74, 6) is 0.482. The van der Waals surface area contributed by atoms with Crippen LogP contribution in [0.1, 0.15) is 11.1 Å². The summed E-state index contributed by atoms with van der Waals surface area (Å²) in [6.07, 6.45) is 1.76. The van der Waals surface area contributed by atoms with Gasteiger partial charge in [-0.25, -0.2) is 9.97 Å². The third-order valence-electron chi connectivity index (χ3n) is 4.41. The number of carbonyl (C=O) groups is 1. The highest BCUT2D eigenvalue weighted by atomic mass is 32.1. The Morgan fingerprint density at radius 1 is 1.07 bits per heavy atom. The van der Waals surface area contributed by atoms with Crippen molar-refractivity contribution in [1.29, 1.82) is 0 Å². The van der Waals surface area contributed by atoms with Crippen LogP contribution in [0.3, 0.4) is 0 Å². The average molecular weight is 389 g/mol. The summed E-state index contributed by atoms with van der Waals surface area (Å²) in [5, 5.41) is 3.75. The standard InChI is InChI=1S/C22H19N3O2S/c1-14-8-9-18(11-15(14)2)27-13-20(26)24-17-6-3-5-16(12-17)21-25-19-7-4-10-23-22(19)28-21/h3-12H,13H2,1-2H3,(H,24,26). The molecule has 0 saturated heterocycles. The molecular weight excluding hydrogens is 370 g/mol. The van der Waals surface area contributed by atoms with Crippen LogP contribution in [0, 0.1) is 13.8 Å². The predicted octanol–water partition coefficient (Wildman–Crippen LogP) is 4.99. The van der Waals surface area contributed by atoms with Crippen LogP contribution >= 0.6 is 11.3 Å². The summed E-state index contributed by atoms with van der Waals surface area (Å²) < 4.78 is 5.60. The lowest BCUT2D eigenvalue weighted by Gasteiger charge is -2.09. The van der Waals surface area contributed by atoms with Crippen molar-refractivity contribution in [2.75, 3.05) is 11.9 Å². The van der Waals surface area contributed by atoms with Crippen LogP contribution in [0.5, 0.6) is 5.75 Å². The van der Waals surface area contributed by atoms with Crippen LogP contribution in [0.4, 0.5) is 5.69 Å². The largest absolute Gasteiger partial charge is 0.484 e. The smallest absolute Gasteiger partial charge is 0.262 e. The lowest BCUT2D eigenvalue weighted by molar-refractivity contribution is -0.118. The van der Waals surface area contributed by atoms with Gasteiger partial charge in [0.2, 0.25) is 0 Å². The number of thiazole rings is 1. The van der Waals surface area contributed by atoms with E-state index in [1.54, 1.807) is 6.20 Å². The first-order valence-corrected chi connectivity index (χ1v) is 9.72. The fourth-order valence-corrected chi connectivity index (χ4v) is 3.68. The number of aryl methyl sites for hydroxylation is 2. The molecule has 0 unspecified atom stereocenters. The normalized spacial score (nSPS) is 10.8. The minimum Gasteiger partial charge on any atom is -0.484 e. The van der Waals surface area contributed by atoms with E-state index in [1.807, 2.05) is 68.4 Å². The van der Waals surface area contributed by atoms with E-state index in [0.717, 1.165) is 26.5 Å². The third kappa shape index (κ3) is 4.02. The number of benzene rings is 2. The molecule has 0 atom stereocenters. The topological polar surface area (TPSA) is 64.1 Å². The Morgan fingerprint density at radius 2 is 1.96 bits per heavy atom. The molecule has 28 heavy (non-hydrogen) atoms. The SMILES string of the molecule is Cc1ccc(OCC(=O)Nc2cccc(-c3nc4cccnc4s3)c2)cc1C. The quantitative estimate of drug-likeness (QED) is 0.522. The number of anilines is 1. The fraction of sp³-hybridized carbons (Fsp3) is 0.136. The number of aromatic nitrogens is 2. The maximum absolute atomic E-state index is 12.3. The number of fused-ring (bicyclic) bond motifs is 1. The van der Waals surface area contributed by atoms with Crippen molar-refractivity contribution in [2.24, 2.45) is 0 Å². The highest BCUT2D eigenvalue weighted by Crippen LogP contribution is 2.30. The van der Waals surface area contributed by atoms with Crippen molar-refractivity contribution in [3.63, 3.8) is 0 Å². The minimum absolute atomic E-state index is 0.0439. The molecule has 4 rings (SSSR count). The van der Waals surface area contributed by atoms with E-state index >= 15 is 0 Å². The molecule has 0 aliphatic rings. The monoisotopic (exact) mass is 389 g/mol. The molecule has 4 aromatic rings. The second-order valence-electron chi connectivity index (χ2n) is 6.51. The van der Waals surface area contributed by atoms with Gasteiger partial charge >= 0.3 is 0 Å². The van der Waals surface area contributed by atoms with E-state index in [1.165, 1.54) is 16.9 Å². The first kappa shape index (κ1) is 18.1. The first-order chi connectivity index (χ1) is 13.6. The van der Waals surface area contributed by atoms with Crippen LogP contribution < -0.4 is 10.1 Å². The molecule has 0 saturated carbocycles. The van der Waals surface area contributed by atoms with Gasteiger partial charge in [0.15, 0.2) is 6.61 Å². The van der Waals surface area contributed by atoms with Gasteiger partial charge in [0, 0.05) is 17.4 Å². The summed E-state index contributed by atoms with van der Waals surface area (Å²) in [7, 11) is 0. The second kappa shape index (κ2) is 7.78. The molecule has 0 aliphatic carbocycles. The maximum Gasteiger partial charge on any atom is 0.262 e. The van der Waals surface area contributed by atoms with E-state index in [-0.39, 0.29) is 12.5 Å². The zero-order valence-electron chi connectivity index (χ0n) is 15.6. The van der Waals surface area contributed by atoms with Gasteiger partial charge in [-0.05, 0) is 61.4 Å². The Bertz CT molecular complexity index is 1120. The molecule has 2 aromatic carbocycles. The number of rotatable bonds is 5. The molecular formula is C22H19N3O2S.